The molecule has 1 aromatic heterocycles. The number of aromatic nitrogens is 1. The minimum absolute atomic E-state index is 0.0455. The van der Waals surface area contributed by atoms with Gasteiger partial charge in [0, 0.05) is 30.5 Å². The predicted octanol–water partition coefficient (Wildman–Crippen LogP) is 3.29. The van der Waals surface area contributed by atoms with Crippen molar-refractivity contribution < 1.29 is 42.9 Å². The number of hydrogen-bond acceptors (Lipinski definition) is 10. The normalized spacial score (nSPS) is 27.3. The van der Waals surface area contributed by atoms with Crippen molar-refractivity contribution in [2.24, 2.45) is 5.92 Å². The molecule has 3 amide bonds. The molecule has 2 fully saturated rings. The number of carbonyl (C=O) groups excluding carboxylic acids is 4. The van der Waals surface area contributed by atoms with Crippen molar-refractivity contribution in [2.75, 3.05) is 33.5 Å². The number of amides is 3. The lowest BCUT2D eigenvalue weighted by molar-refractivity contribution is -0.150. The van der Waals surface area contributed by atoms with Crippen molar-refractivity contribution in [1.82, 2.24) is 20.5 Å². The lowest BCUT2D eigenvalue weighted by atomic mass is 10.1. The lowest BCUT2D eigenvalue weighted by Crippen LogP contribution is -2.56. The Hall–Kier alpha value is -4.39. The van der Waals surface area contributed by atoms with Gasteiger partial charge in [-0.05, 0) is 76.6 Å². The molecule has 1 saturated heterocycles. The van der Waals surface area contributed by atoms with Crippen LogP contribution in [0.4, 0.5) is 4.79 Å². The molecule has 2 N–H and O–H groups in total. The van der Waals surface area contributed by atoms with Gasteiger partial charge >= 0.3 is 12.1 Å². The highest BCUT2D eigenvalue weighted by Crippen LogP contribution is 2.46. The fourth-order valence-corrected chi connectivity index (χ4v) is 6.06. The van der Waals surface area contributed by atoms with E-state index < -0.39 is 53.2 Å². The zero-order valence-electron chi connectivity index (χ0n) is 27.6. The Balaban J connectivity index is 1.45. The molecule has 0 bridgehead atoms. The van der Waals surface area contributed by atoms with Gasteiger partial charge in [0.2, 0.25) is 17.7 Å². The van der Waals surface area contributed by atoms with Crippen molar-refractivity contribution in [2.45, 2.75) is 82.7 Å². The van der Waals surface area contributed by atoms with Crippen LogP contribution in [0.5, 0.6) is 11.6 Å². The summed E-state index contributed by atoms with van der Waals surface area (Å²) in [7, 11) is 1.59. The van der Waals surface area contributed by atoms with Gasteiger partial charge in [-0.2, -0.15) is 0 Å². The summed E-state index contributed by atoms with van der Waals surface area (Å²) in [6, 6.07) is 5.35. The summed E-state index contributed by atoms with van der Waals surface area (Å²) in [6.07, 6.45) is 5.14. The SMILES string of the molecule is CCOC(=O)C12CC1/C=C/COCCCC(NC(=O)OC(C)(C)C)C(=O)N1CC(Oc3nccc4cc(OC)ccc34)CC1C(=O)N2. The number of methoxy groups -OCH3 is 1. The van der Waals surface area contributed by atoms with Crippen LogP contribution >= 0.6 is 0 Å². The highest BCUT2D eigenvalue weighted by molar-refractivity contribution is 5.96. The van der Waals surface area contributed by atoms with Crippen molar-refractivity contribution >= 4 is 34.6 Å². The first kappa shape index (κ1) is 34.0. The standard InChI is InChI=1S/C34H44N4O9/c1-6-45-31(41)34-19-22(34)9-7-15-44-16-8-10-26(36-32(42)47-33(2,3)4)30(40)38-20-24(18-27(38)28(39)37-34)46-29-25-12-11-23(43-5)17-21(25)13-14-35-29/h7,9,11-14,17,22,24,26-27H,6,8,10,15-16,18-20H2,1-5H3,(H,36,42)(H,37,39)/b9-7+. The first-order chi connectivity index (χ1) is 22.4. The second-order valence-corrected chi connectivity index (χ2v) is 13.0. The van der Waals surface area contributed by atoms with Crippen LogP contribution in [0.2, 0.25) is 0 Å². The smallest absolute Gasteiger partial charge is 0.408 e. The van der Waals surface area contributed by atoms with Gasteiger partial charge < -0.3 is 39.2 Å². The van der Waals surface area contributed by atoms with Gasteiger partial charge in [-0.15, -0.1) is 0 Å². The zero-order valence-corrected chi connectivity index (χ0v) is 27.6. The number of pyridine rings is 1. The summed E-state index contributed by atoms with van der Waals surface area (Å²) in [5, 5.41) is 7.24. The number of carbonyl (C=O) groups is 4. The van der Waals surface area contributed by atoms with Gasteiger partial charge in [-0.3, -0.25) is 9.59 Å². The number of esters is 1. The summed E-state index contributed by atoms with van der Waals surface area (Å²) in [6.45, 7) is 7.74. The van der Waals surface area contributed by atoms with Crippen LogP contribution in [-0.2, 0) is 28.6 Å². The van der Waals surface area contributed by atoms with Crippen LogP contribution < -0.4 is 20.1 Å². The molecular formula is C34H44N4O9. The second kappa shape index (κ2) is 14.2. The topological polar surface area (TPSA) is 155 Å². The summed E-state index contributed by atoms with van der Waals surface area (Å²) in [5.41, 5.74) is -2.03. The van der Waals surface area contributed by atoms with Crippen LogP contribution in [0.1, 0.15) is 53.4 Å². The zero-order chi connectivity index (χ0) is 33.8. The van der Waals surface area contributed by atoms with E-state index in [1.165, 1.54) is 4.90 Å². The van der Waals surface area contributed by atoms with E-state index in [9.17, 15) is 19.2 Å². The highest BCUT2D eigenvalue weighted by Gasteiger charge is 2.62. The molecule has 5 atom stereocenters. The molecule has 2 aromatic rings. The molecule has 1 aliphatic carbocycles. The Morgan fingerprint density at radius 3 is 2.77 bits per heavy atom. The number of nitrogens with zero attached hydrogens (tertiary/aromatic N) is 2. The maximum Gasteiger partial charge on any atom is 0.408 e. The Labute approximate surface area is 274 Å². The van der Waals surface area contributed by atoms with E-state index >= 15 is 0 Å². The molecular weight excluding hydrogens is 608 g/mol. The maximum atomic E-state index is 14.2. The largest absolute Gasteiger partial charge is 0.497 e. The average Bonchev–Trinajstić information content (AvgIpc) is 3.55. The summed E-state index contributed by atoms with van der Waals surface area (Å²) in [5.74, 6) is -0.760. The predicted molar refractivity (Wildman–Crippen MR) is 171 cm³/mol. The number of ether oxygens (including phenoxy) is 5. The fraction of sp³-hybridized carbons (Fsp3) is 0.559. The van der Waals surface area contributed by atoms with Crippen molar-refractivity contribution in [3.8, 4) is 11.6 Å². The Kier molecular flexibility index (Phi) is 10.2. The second-order valence-electron chi connectivity index (χ2n) is 13.0. The third kappa shape index (κ3) is 7.95. The van der Waals surface area contributed by atoms with E-state index in [4.69, 9.17) is 23.7 Å². The molecule has 3 aliphatic rings. The van der Waals surface area contributed by atoms with E-state index in [1.54, 1.807) is 47.1 Å². The lowest BCUT2D eigenvalue weighted by Gasteiger charge is -2.30. The fourth-order valence-electron chi connectivity index (χ4n) is 6.06. The Morgan fingerprint density at radius 1 is 1.21 bits per heavy atom. The molecule has 0 spiro atoms. The highest BCUT2D eigenvalue weighted by atomic mass is 16.6. The van der Waals surface area contributed by atoms with Gasteiger partial charge in [0.25, 0.3) is 0 Å². The van der Waals surface area contributed by atoms with Gasteiger partial charge in [0.05, 0.1) is 26.9 Å². The molecule has 3 heterocycles. The van der Waals surface area contributed by atoms with Gasteiger partial charge in [0.1, 0.15) is 35.1 Å². The summed E-state index contributed by atoms with van der Waals surface area (Å²) < 4.78 is 28.3. The number of hydrogen-bond donors (Lipinski definition) is 2. The molecule has 47 heavy (non-hydrogen) atoms. The molecule has 5 unspecified atom stereocenters. The minimum Gasteiger partial charge on any atom is -0.497 e. The monoisotopic (exact) mass is 652 g/mol. The molecule has 2 aliphatic heterocycles. The number of rotatable bonds is 6. The first-order valence-electron chi connectivity index (χ1n) is 16.1. The third-order valence-corrected chi connectivity index (χ3v) is 8.42. The number of alkyl carbamates (subject to hydrolysis) is 1. The van der Waals surface area contributed by atoms with Gasteiger partial charge in [-0.25, -0.2) is 14.6 Å². The van der Waals surface area contributed by atoms with Crippen molar-refractivity contribution in [3.05, 3.63) is 42.6 Å². The van der Waals surface area contributed by atoms with Crippen LogP contribution in [0.15, 0.2) is 42.6 Å². The van der Waals surface area contributed by atoms with E-state index in [1.807, 2.05) is 30.4 Å². The van der Waals surface area contributed by atoms with Gasteiger partial charge in [-0.1, -0.05) is 12.2 Å². The molecule has 5 rings (SSSR count). The molecule has 13 nitrogen and oxygen atoms in total. The van der Waals surface area contributed by atoms with E-state index in [2.05, 4.69) is 15.6 Å². The van der Waals surface area contributed by atoms with E-state index in [0.29, 0.717) is 37.7 Å². The quantitative estimate of drug-likeness (QED) is 0.351. The van der Waals surface area contributed by atoms with E-state index in [-0.39, 0.29) is 31.9 Å². The summed E-state index contributed by atoms with van der Waals surface area (Å²) >= 11 is 0. The van der Waals surface area contributed by atoms with Crippen molar-refractivity contribution in [1.29, 1.82) is 0 Å². The number of nitrogens with one attached hydrogen (secondary N) is 2. The molecule has 1 saturated carbocycles. The molecule has 0 radical (unpaired) electrons. The van der Waals surface area contributed by atoms with Crippen LogP contribution in [0, 0.1) is 5.92 Å². The van der Waals surface area contributed by atoms with E-state index in [0.717, 1.165) is 10.8 Å². The van der Waals surface area contributed by atoms with Crippen LogP contribution in [0.25, 0.3) is 10.8 Å². The summed E-state index contributed by atoms with van der Waals surface area (Å²) in [4.78, 5) is 60.1. The molecule has 13 heteroatoms. The van der Waals surface area contributed by atoms with Crippen LogP contribution in [0.3, 0.4) is 0 Å². The third-order valence-electron chi connectivity index (χ3n) is 8.42. The van der Waals surface area contributed by atoms with Crippen molar-refractivity contribution in [3.63, 3.8) is 0 Å². The first-order valence-corrected chi connectivity index (χ1v) is 16.1. The Bertz CT molecular complexity index is 1520. The average molecular weight is 653 g/mol. The maximum absolute atomic E-state index is 14.2. The minimum atomic E-state index is -1.25. The number of fused-ring (bicyclic) bond motifs is 3. The number of benzene rings is 1. The van der Waals surface area contributed by atoms with Crippen LogP contribution in [-0.4, -0.2) is 96.6 Å². The van der Waals surface area contributed by atoms with Gasteiger partial charge in [0.15, 0.2) is 0 Å². The Morgan fingerprint density at radius 2 is 2.02 bits per heavy atom. The molecule has 254 valence electrons. The molecule has 1 aromatic carbocycles.